The van der Waals surface area contributed by atoms with Gasteiger partial charge in [0, 0.05) is 10.5 Å². The minimum absolute atomic E-state index is 0.397. The summed E-state index contributed by atoms with van der Waals surface area (Å²) in [5.74, 6) is 0. The maximum atomic E-state index is 6.01. The van der Waals surface area contributed by atoms with Gasteiger partial charge in [0.15, 0.2) is 0 Å². The Labute approximate surface area is 117 Å². The average Bonchev–Trinajstić information content (AvgIpc) is 2.32. The van der Waals surface area contributed by atoms with Crippen molar-refractivity contribution in [2.45, 2.75) is 32.2 Å². The van der Waals surface area contributed by atoms with Crippen molar-refractivity contribution in [2.24, 2.45) is 0 Å². The van der Waals surface area contributed by atoms with Crippen molar-refractivity contribution in [2.75, 3.05) is 6.54 Å². The lowest BCUT2D eigenvalue weighted by atomic mass is 10.0. The van der Waals surface area contributed by atoms with Crippen molar-refractivity contribution >= 4 is 27.5 Å². The number of nitrogens with one attached hydrogen (secondary N) is 1. The van der Waals surface area contributed by atoms with E-state index in [0.29, 0.717) is 6.04 Å². The highest BCUT2D eigenvalue weighted by atomic mass is 79.9. The van der Waals surface area contributed by atoms with Crippen molar-refractivity contribution in [1.82, 2.24) is 5.32 Å². The smallest absolute Gasteiger partial charge is 0.0548 e. The molecule has 1 nitrogen and oxygen atoms in total. The van der Waals surface area contributed by atoms with E-state index in [1.807, 2.05) is 12.1 Å². The molecule has 94 valence electrons. The van der Waals surface area contributed by atoms with E-state index < -0.39 is 0 Å². The summed E-state index contributed by atoms with van der Waals surface area (Å²) in [5.41, 5.74) is 1.28. The van der Waals surface area contributed by atoms with Gasteiger partial charge in [-0.2, -0.15) is 0 Å². The summed E-state index contributed by atoms with van der Waals surface area (Å²) in [4.78, 5) is 0. The molecule has 1 N–H and O–H groups in total. The largest absolute Gasteiger partial charge is 0.310 e. The summed E-state index contributed by atoms with van der Waals surface area (Å²) in [5, 5.41) is 4.27. The van der Waals surface area contributed by atoms with Crippen LogP contribution in [0.3, 0.4) is 0 Å². The van der Waals surface area contributed by atoms with Crippen LogP contribution >= 0.6 is 27.5 Å². The van der Waals surface area contributed by atoms with E-state index in [4.69, 9.17) is 11.6 Å². The first-order chi connectivity index (χ1) is 8.19. The first-order valence-corrected chi connectivity index (χ1v) is 7.15. The van der Waals surface area contributed by atoms with Crippen LogP contribution in [0.15, 0.2) is 35.3 Å². The third kappa shape index (κ3) is 4.82. The normalized spacial score (nSPS) is 12.4. The van der Waals surface area contributed by atoms with E-state index in [2.05, 4.69) is 46.9 Å². The molecule has 1 atom stereocenters. The molecule has 3 heteroatoms. The monoisotopic (exact) mass is 315 g/mol. The van der Waals surface area contributed by atoms with E-state index in [-0.39, 0.29) is 0 Å². The maximum absolute atomic E-state index is 6.01. The molecule has 0 heterocycles. The molecule has 0 aliphatic rings. The number of hydrogen-bond donors (Lipinski definition) is 1. The van der Waals surface area contributed by atoms with Crippen LogP contribution in [0.25, 0.3) is 0 Å². The molecule has 1 unspecified atom stereocenters. The third-order valence-electron chi connectivity index (χ3n) is 2.70. The molecular formula is C14H19BrClN. The molecule has 0 aliphatic heterocycles. The van der Waals surface area contributed by atoms with Crippen LogP contribution in [-0.4, -0.2) is 6.54 Å². The van der Waals surface area contributed by atoms with Crippen LogP contribution in [0.5, 0.6) is 0 Å². The molecule has 0 aliphatic carbocycles. The number of unbranched alkanes of at least 4 members (excludes halogenated alkanes) is 1. The summed E-state index contributed by atoms with van der Waals surface area (Å²) >= 11 is 9.48. The highest BCUT2D eigenvalue weighted by molar-refractivity contribution is 9.10. The molecule has 0 radical (unpaired) electrons. The average molecular weight is 317 g/mol. The highest BCUT2D eigenvalue weighted by Crippen LogP contribution is 2.28. The molecule has 1 aromatic rings. The predicted octanol–water partition coefficient (Wildman–Crippen LogP) is 5.11. The van der Waals surface area contributed by atoms with Gasteiger partial charge in [0.2, 0.25) is 0 Å². The first-order valence-electron chi connectivity index (χ1n) is 5.98. The van der Waals surface area contributed by atoms with Crippen LogP contribution in [0.1, 0.15) is 37.8 Å². The molecule has 0 fully saturated rings. The Morgan fingerprint density at radius 3 is 2.88 bits per heavy atom. The lowest BCUT2D eigenvalue weighted by Gasteiger charge is -2.18. The lowest BCUT2D eigenvalue weighted by Crippen LogP contribution is -2.20. The number of rotatable bonds is 7. The summed E-state index contributed by atoms with van der Waals surface area (Å²) < 4.78 is 0.961. The van der Waals surface area contributed by atoms with Gasteiger partial charge in [-0.1, -0.05) is 30.7 Å². The van der Waals surface area contributed by atoms with Crippen LogP contribution in [-0.2, 0) is 0 Å². The predicted molar refractivity (Wildman–Crippen MR) is 79.6 cm³/mol. The van der Waals surface area contributed by atoms with E-state index >= 15 is 0 Å². The summed E-state index contributed by atoms with van der Waals surface area (Å²) in [6, 6.07) is 6.53. The molecule has 0 bridgehead atoms. The van der Waals surface area contributed by atoms with Gasteiger partial charge in [-0.25, -0.2) is 0 Å². The molecule has 0 aromatic heterocycles. The first kappa shape index (κ1) is 14.7. The second-order valence-electron chi connectivity index (χ2n) is 4.00. The van der Waals surface area contributed by atoms with Crippen LogP contribution < -0.4 is 5.32 Å². The third-order valence-corrected chi connectivity index (χ3v) is 3.91. The van der Waals surface area contributed by atoms with E-state index in [0.717, 1.165) is 35.3 Å². The fourth-order valence-electron chi connectivity index (χ4n) is 1.83. The van der Waals surface area contributed by atoms with E-state index in [1.165, 1.54) is 5.56 Å². The van der Waals surface area contributed by atoms with Crippen LogP contribution in [0, 0.1) is 0 Å². The summed E-state index contributed by atoms with van der Waals surface area (Å²) in [6.07, 6.45) is 5.31. The van der Waals surface area contributed by atoms with Gasteiger partial charge < -0.3 is 5.32 Å². The number of benzene rings is 1. The Bertz CT molecular complexity index is 365. The van der Waals surface area contributed by atoms with Gasteiger partial charge in [-0.15, -0.1) is 6.58 Å². The van der Waals surface area contributed by atoms with Gasteiger partial charge in [-0.3, -0.25) is 0 Å². The molecule has 17 heavy (non-hydrogen) atoms. The molecule has 0 saturated heterocycles. The van der Waals surface area contributed by atoms with E-state index in [1.54, 1.807) is 0 Å². The molecule has 0 saturated carbocycles. The zero-order valence-electron chi connectivity index (χ0n) is 10.2. The molecule has 1 aromatic carbocycles. The van der Waals surface area contributed by atoms with Crippen molar-refractivity contribution < 1.29 is 0 Å². The van der Waals surface area contributed by atoms with Gasteiger partial charge in [0.25, 0.3) is 0 Å². The van der Waals surface area contributed by atoms with Crippen molar-refractivity contribution in [1.29, 1.82) is 0 Å². The molecule has 0 spiro atoms. The van der Waals surface area contributed by atoms with Crippen LogP contribution in [0.4, 0.5) is 0 Å². The fourth-order valence-corrected chi connectivity index (χ4v) is 2.34. The quantitative estimate of drug-likeness (QED) is 0.544. The van der Waals surface area contributed by atoms with Crippen molar-refractivity contribution in [3.05, 3.63) is 45.9 Å². The highest BCUT2D eigenvalue weighted by Gasteiger charge is 2.10. The fraction of sp³-hybridized carbons (Fsp3) is 0.429. The minimum Gasteiger partial charge on any atom is -0.310 e. The minimum atomic E-state index is 0.397. The topological polar surface area (TPSA) is 12.0 Å². The Hall–Kier alpha value is -0.310. The zero-order chi connectivity index (χ0) is 12.7. The Morgan fingerprint density at radius 1 is 1.53 bits per heavy atom. The second-order valence-corrected chi connectivity index (χ2v) is 5.26. The van der Waals surface area contributed by atoms with Crippen LogP contribution in [0.2, 0.25) is 5.02 Å². The summed E-state index contributed by atoms with van der Waals surface area (Å²) in [7, 11) is 0. The van der Waals surface area contributed by atoms with Gasteiger partial charge in [0.1, 0.15) is 0 Å². The van der Waals surface area contributed by atoms with E-state index in [9.17, 15) is 0 Å². The maximum Gasteiger partial charge on any atom is 0.0548 e. The Morgan fingerprint density at radius 2 is 2.29 bits per heavy atom. The molecular weight excluding hydrogens is 298 g/mol. The van der Waals surface area contributed by atoms with Gasteiger partial charge >= 0.3 is 0 Å². The van der Waals surface area contributed by atoms with Crippen molar-refractivity contribution in [3.8, 4) is 0 Å². The number of allylic oxidation sites excluding steroid dienone is 1. The standard InChI is InChI=1S/C14H19BrClN/c1-3-5-6-7-14(17-4-2)11-8-9-13(16)12(15)10-11/h3,8-10,14,17H,1,4-7H2,2H3. The second kappa shape index (κ2) is 7.91. The van der Waals surface area contributed by atoms with Gasteiger partial charge in [0.05, 0.1) is 5.02 Å². The molecule has 0 amide bonds. The number of halogens is 2. The van der Waals surface area contributed by atoms with Gasteiger partial charge in [-0.05, 0) is 59.4 Å². The Kier molecular flexibility index (Phi) is 6.86. The molecule has 1 rings (SSSR count). The lowest BCUT2D eigenvalue weighted by molar-refractivity contribution is 0.500. The zero-order valence-corrected chi connectivity index (χ0v) is 12.5. The summed E-state index contributed by atoms with van der Waals surface area (Å²) in [6.45, 7) is 6.86. The Balaban J connectivity index is 2.73. The van der Waals surface area contributed by atoms with Crippen molar-refractivity contribution in [3.63, 3.8) is 0 Å². The SMILES string of the molecule is C=CCCCC(NCC)c1ccc(Cl)c(Br)c1. The number of hydrogen-bond acceptors (Lipinski definition) is 1.